The molecule has 1 saturated heterocycles. The SMILES string of the molecule is NNC(c1cccc2c1OCC2)C1CCOCC1. The average Bonchev–Trinajstić information content (AvgIpc) is 2.90. The molecule has 1 aromatic rings. The number of hydrogen-bond donors (Lipinski definition) is 2. The maximum Gasteiger partial charge on any atom is 0.127 e. The zero-order chi connectivity index (χ0) is 12.4. The van der Waals surface area contributed by atoms with Gasteiger partial charge in [-0.1, -0.05) is 18.2 Å². The van der Waals surface area contributed by atoms with Crippen LogP contribution in [0.2, 0.25) is 0 Å². The topological polar surface area (TPSA) is 56.5 Å². The molecule has 1 atom stereocenters. The van der Waals surface area contributed by atoms with Crippen LogP contribution in [0.3, 0.4) is 0 Å². The van der Waals surface area contributed by atoms with Gasteiger partial charge in [0.05, 0.1) is 12.6 Å². The van der Waals surface area contributed by atoms with Crippen molar-refractivity contribution in [3.8, 4) is 5.75 Å². The highest BCUT2D eigenvalue weighted by atomic mass is 16.5. The maximum atomic E-state index is 5.78. The van der Waals surface area contributed by atoms with Crippen molar-refractivity contribution in [3.63, 3.8) is 0 Å². The minimum Gasteiger partial charge on any atom is -0.493 e. The quantitative estimate of drug-likeness (QED) is 0.629. The van der Waals surface area contributed by atoms with Gasteiger partial charge in [-0.3, -0.25) is 11.3 Å². The first-order valence-electron chi connectivity index (χ1n) is 6.68. The van der Waals surface area contributed by atoms with Crippen molar-refractivity contribution >= 4 is 0 Å². The third kappa shape index (κ3) is 2.11. The van der Waals surface area contributed by atoms with Crippen LogP contribution in [0.15, 0.2) is 18.2 Å². The Morgan fingerprint density at radius 1 is 1.22 bits per heavy atom. The minimum atomic E-state index is 0.168. The minimum absolute atomic E-state index is 0.168. The summed E-state index contributed by atoms with van der Waals surface area (Å²) in [6.45, 7) is 2.45. The number of fused-ring (bicyclic) bond motifs is 1. The Bertz CT molecular complexity index is 416. The van der Waals surface area contributed by atoms with Gasteiger partial charge in [0, 0.05) is 25.2 Å². The van der Waals surface area contributed by atoms with Crippen LogP contribution in [-0.4, -0.2) is 19.8 Å². The molecule has 2 heterocycles. The Labute approximate surface area is 107 Å². The van der Waals surface area contributed by atoms with Gasteiger partial charge in [0.25, 0.3) is 0 Å². The molecule has 2 aliphatic rings. The number of hydrazine groups is 1. The van der Waals surface area contributed by atoms with E-state index < -0.39 is 0 Å². The zero-order valence-electron chi connectivity index (χ0n) is 10.5. The van der Waals surface area contributed by atoms with E-state index in [-0.39, 0.29) is 6.04 Å². The molecule has 0 saturated carbocycles. The molecule has 0 aliphatic carbocycles. The molecule has 0 spiro atoms. The van der Waals surface area contributed by atoms with E-state index in [1.165, 1.54) is 11.1 Å². The first-order chi connectivity index (χ1) is 8.90. The fourth-order valence-electron chi connectivity index (χ4n) is 3.01. The van der Waals surface area contributed by atoms with Crippen LogP contribution in [0, 0.1) is 5.92 Å². The Hall–Kier alpha value is -1.10. The lowest BCUT2D eigenvalue weighted by molar-refractivity contribution is 0.0533. The Morgan fingerprint density at radius 3 is 2.83 bits per heavy atom. The Kier molecular flexibility index (Phi) is 3.50. The van der Waals surface area contributed by atoms with Gasteiger partial charge >= 0.3 is 0 Å². The van der Waals surface area contributed by atoms with Crippen molar-refractivity contribution in [2.24, 2.45) is 11.8 Å². The second kappa shape index (κ2) is 5.26. The van der Waals surface area contributed by atoms with Gasteiger partial charge < -0.3 is 9.47 Å². The summed E-state index contributed by atoms with van der Waals surface area (Å²) < 4.78 is 11.2. The molecule has 2 aliphatic heterocycles. The summed E-state index contributed by atoms with van der Waals surface area (Å²) in [7, 11) is 0. The smallest absolute Gasteiger partial charge is 0.127 e. The molecular weight excluding hydrogens is 228 g/mol. The third-order valence-corrected chi connectivity index (χ3v) is 4.00. The van der Waals surface area contributed by atoms with Crippen LogP contribution >= 0.6 is 0 Å². The van der Waals surface area contributed by atoms with E-state index >= 15 is 0 Å². The highest BCUT2D eigenvalue weighted by molar-refractivity contribution is 5.45. The highest BCUT2D eigenvalue weighted by Crippen LogP contribution is 2.38. The second-order valence-corrected chi connectivity index (χ2v) is 5.03. The Balaban J connectivity index is 1.89. The molecule has 1 aromatic carbocycles. The lowest BCUT2D eigenvalue weighted by Crippen LogP contribution is -2.36. The van der Waals surface area contributed by atoms with Crippen LogP contribution < -0.4 is 16.0 Å². The van der Waals surface area contributed by atoms with Crippen molar-refractivity contribution in [2.75, 3.05) is 19.8 Å². The summed E-state index contributed by atoms with van der Waals surface area (Å²) in [5, 5.41) is 0. The summed E-state index contributed by atoms with van der Waals surface area (Å²) >= 11 is 0. The summed E-state index contributed by atoms with van der Waals surface area (Å²) in [6.07, 6.45) is 3.12. The first kappa shape index (κ1) is 12.0. The fourth-order valence-corrected chi connectivity index (χ4v) is 3.01. The maximum absolute atomic E-state index is 5.78. The van der Waals surface area contributed by atoms with Crippen molar-refractivity contribution in [1.29, 1.82) is 0 Å². The van der Waals surface area contributed by atoms with Gasteiger partial charge in [-0.05, 0) is 24.3 Å². The van der Waals surface area contributed by atoms with Crippen molar-refractivity contribution in [2.45, 2.75) is 25.3 Å². The van der Waals surface area contributed by atoms with Gasteiger partial charge in [0.2, 0.25) is 0 Å². The third-order valence-electron chi connectivity index (χ3n) is 4.00. The molecule has 3 rings (SSSR count). The monoisotopic (exact) mass is 248 g/mol. The molecule has 98 valence electrons. The standard InChI is InChI=1S/C14H20N2O2/c15-16-13(10-4-7-17-8-5-10)12-3-1-2-11-6-9-18-14(11)12/h1-3,10,13,16H,4-9,15H2. The van der Waals surface area contributed by atoms with Crippen LogP contribution in [-0.2, 0) is 11.2 Å². The zero-order valence-corrected chi connectivity index (χ0v) is 10.5. The van der Waals surface area contributed by atoms with E-state index in [0.717, 1.165) is 44.8 Å². The number of nitrogens with one attached hydrogen (secondary N) is 1. The molecule has 18 heavy (non-hydrogen) atoms. The molecule has 0 aromatic heterocycles. The lowest BCUT2D eigenvalue weighted by Gasteiger charge is -2.30. The highest BCUT2D eigenvalue weighted by Gasteiger charge is 2.29. The number of para-hydroxylation sites is 1. The molecule has 0 amide bonds. The van der Waals surface area contributed by atoms with Crippen LogP contribution in [0.5, 0.6) is 5.75 Å². The molecule has 4 heteroatoms. The second-order valence-electron chi connectivity index (χ2n) is 5.03. The van der Waals surface area contributed by atoms with E-state index in [9.17, 15) is 0 Å². The summed E-state index contributed by atoms with van der Waals surface area (Å²) in [6, 6.07) is 6.54. The molecule has 0 radical (unpaired) electrons. The Morgan fingerprint density at radius 2 is 2.06 bits per heavy atom. The van der Waals surface area contributed by atoms with Gasteiger partial charge in [-0.2, -0.15) is 0 Å². The molecule has 1 fully saturated rings. The number of hydrogen-bond acceptors (Lipinski definition) is 4. The van der Waals surface area contributed by atoms with E-state index in [1.54, 1.807) is 0 Å². The normalized spacial score (nSPS) is 21.4. The molecule has 1 unspecified atom stereocenters. The number of rotatable bonds is 3. The first-order valence-corrected chi connectivity index (χ1v) is 6.68. The summed E-state index contributed by atoms with van der Waals surface area (Å²) in [5.41, 5.74) is 5.50. The van der Waals surface area contributed by atoms with Gasteiger partial charge in [-0.25, -0.2) is 0 Å². The predicted octanol–water partition coefficient (Wildman–Crippen LogP) is 1.55. The summed E-state index contributed by atoms with van der Waals surface area (Å²) in [5.74, 6) is 7.36. The van der Waals surface area contributed by atoms with E-state index in [4.69, 9.17) is 15.3 Å². The fraction of sp³-hybridized carbons (Fsp3) is 0.571. The number of nitrogens with two attached hydrogens (primary N) is 1. The molecular formula is C14H20N2O2. The summed E-state index contributed by atoms with van der Waals surface area (Å²) in [4.78, 5) is 0. The molecule has 0 bridgehead atoms. The van der Waals surface area contributed by atoms with Crippen LogP contribution in [0.1, 0.15) is 30.0 Å². The van der Waals surface area contributed by atoms with Crippen LogP contribution in [0.25, 0.3) is 0 Å². The van der Waals surface area contributed by atoms with Crippen LogP contribution in [0.4, 0.5) is 0 Å². The number of ether oxygens (including phenoxy) is 2. The molecule has 3 N–H and O–H groups in total. The van der Waals surface area contributed by atoms with E-state index in [2.05, 4.69) is 23.6 Å². The van der Waals surface area contributed by atoms with Gasteiger partial charge in [0.15, 0.2) is 0 Å². The van der Waals surface area contributed by atoms with Crippen molar-refractivity contribution in [3.05, 3.63) is 29.3 Å². The van der Waals surface area contributed by atoms with Gasteiger partial charge in [0.1, 0.15) is 5.75 Å². The van der Waals surface area contributed by atoms with Gasteiger partial charge in [-0.15, -0.1) is 0 Å². The number of benzene rings is 1. The predicted molar refractivity (Wildman–Crippen MR) is 69.2 cm³/mol. The average molecular weight is 248 g/mol. The van der Waals surface area contributed by atoms with E-state index in [1.807, 2.05) is 0 Å². The molecule has 4 nitrogen and oxygen atoms in total. The van der Waals surface area contributed by atoms with E-state index in [0.29, 0.717) is 5.92 Å². The van der Waals surface area contributed by atoms with Crippen molar-refractivity contribution < 1.29 is 9.47 Å². The lowest BCUT2D eigenvalue weighted by atomic mass is 9.86. The largest absolute Gasteiger partial charge is 0.493 e. The van der Waals surface area contributed by atoms with Crippen molar-refractivity contribution in [1.82, 2.24) is 5.43 Å².